The highest BCUT2D eigenvalue weighted by atomic mass is 16.5. The van der Waals surface area contributed by atoms with Crippen molar-refractivity contribution in [3.63, 3.8) is 0 Å². The second-order valence-electron chi connectivity index (χ2n) is 7.36. The average Bonchev–Trinajstić information content (AvgIpc) is 2.91. The lowest BCUT2D eigenvalue weighted by atomic mass is 9.78. The quantitative estimate of drug-likeness (QED) is 0.742. The van der Waals surface area contributed by atoms with Crippen LogP contribution in [0.3, 0.4) is 0 Å². The fourth-order valence-corrected chi connectivity index (χ4v) is 3.70. The van der Waals surface area contributed by atoms with Crippen LogP contribution in [0.2, 0.25) is 0 Å². The van der Waals surface area contributed by atoms with E-state index in [0.717, 1.165) is 12.8 Å². The smallest absolute Gasteiger partial charge is 0.355 e. The van der Waals surface area contributed by atoms with Crippen molar-refractivity contribution >= 4 is 17.8 Å². The van der Waals surface area contributed by atoms with E-state index in [1.54, 1.807) is 20.8 Å². The summed E-state index contributed by atoms with van der Waals surface area (Å²) >= 11 is 0. The first kappa shape index (κ1) is 21.0. The molecule has 1 aliphatic rings. The summed E-state index contributed by atoms with van der Waals surface area (Å²) in [5.74, 6) is -0.482. The van der Waals surface area contributed by atoms with Gasteiger partial charge in [-0.3, -0.25) is 4.79 Å². The maximum Gasteiger partial charge on any atom is 0.355 e. The van der Waals surface area contributed by atoms with Gasteiger partial charge in [-0.1, -0.05) is 26.7 Å². The van der Waals surface area contributed by atoms with Crippen molar-refractivity contribution in [2.75, 3.05) is 13.2 Å². The number of aromatic nitrogens is 1. The van der Waals surface area contributed by atoms with E-state index in [0.29, 0.717) is 28.7 Å². The van der Waals surface area contributed by atoms with Crippen LogP contribution in [0.1, 0.15) is 72.1 Å². The summed E-state index contributed by atoms with van der Waals surface area (Å²) in [5.41, 5.74) is 1.50. The van der Waals surface area contributed by atoms with Gasteiger partial charge in [0, 0.05) is 11.7 Å². The van der Waals surface area contributed by atoms with Crippen LogP contribution < -0.4 is 5.32 Å². The standard InChI is InChI=1S/C20H30N2O5/c1-6-26-19(24)17-13(4)18(21-14(17)5)20(25)27-10-16(23)22-15-9-7-8-11(2)12(15)3/h11-12,15,21H,6-10H2,1-5H3,(H,22,23)/t11-,12-,15+/m0/s1. The van der Waals surface area contributed by atoms with Crippen LogP contribution in [0.25, 0.3) is 0 Å². The van der Waals surface area contributed by atoms with Gasteiger partial charge in [-0.05, 0) is 44.6 Å². The number of hydrogen-bond acceptors (Lipinski definition) is 5. The topological polar surface area (TPSA) is 97.5 Å². The molecule has 27 heavy (non-hydrogen) atoms. The molecule has 0 spiro atoms. The molecule has 0 aliphatic heterocycles. The van der Waals surface area contributed by atoms with Gasteiger partial charge in [-0.15, -0.1) is 0 Å². The lowest BCUT2D eigenvalue weighted by Gasteiger charge is -2.34. The number of esters is 2. The van der Waals surface area contributed by atoms with E-state index in [4.69, 9.17) is 9.47 Å². The third-order valence-electron chi connectivity index (χ3n) is 5.51. The minimum absolute atomic E-state index is 0.116. The molecule has 0 radical (unpaired) electrons. The molecule has 0 unspecified atom stereocenters. The van der Waals surface area contributed by atoms with Crippen LogP contribution in [0.4, 0.5) is 0 Å². The largest absolute Gasteiger partial charge is 0.462 e. The molecule has 3 atom stereocenters. The van der Waals surface area contributed by atoms with E-state index in [9.17, 15) is 14.4 Å². The molecule has 1 saturated carbocycles. The molecular weight excluding hydrogens is 348 g/mol. The summed E-state index contributed by atoms with van der Waals surface area (Å²) in [6, 6.07) is 0.116. The Kier molecular flexibility index (Phi) is 7.05. The number of ether oxygens (including phenoxy) is 2. The number of rotatable bonds is 6. The van der Waals surface area contributed by atoms with Gasteiger partial charge >= 0.3 is 11.9 Å². The molecule has 1 heterocycles. The zero-order chi connectivity index (χ0) is 20.1. The lowest BCUT2D eigenvalue weighted by molar-refractivity contribution is -0.125. The number of carbonyl (C=O) groups is 3. The van der Waals surface area contributed by atoms with E-state index in [1.165, 1.54) is 6.42 Å². The molecule has 1 amide bonds. The predicted octanol–water partition coefficient (Wildman–Crippen LogP) is 2.91. The SMILES string of the molecule is CCOC(=O)c1c(C)[nH]c(C(=O)OCC(=O)N[C@@H]2CCC[C@H](C)[C@@H]2C)c1C. The lowest BCUT2D eigenvalue weighted by Crippen LogP contribution is -2.45. The Bertz CT molecular complexity index is 709. The van der Waals surface area contributed by atoms with E-state index in [2.05, 4.69) is 24.1 Å². The fraction of sp³-hybridized carbons (Fsp3) is 0.650. The normalized spacial score (nSPS) is 22.2. The van der Waals surface area contributed by atoms with Crippen LogP contribution in [0, 0.1) is 25.7 Å². The summed E-state index contributed by atoms with van der Waals surface area (Å²) in [6.45, 7) is 9.30. The molecule has 150 valence electrons. The summed E-state index contributed by atoms with van der Waals surface area (Å²) in [4.78, 5) is 39.4. The molecule has 2 N–H and O–H groups in total. The Morgan fingerprint density at radius 2 is 1.81 bits per heavy atom. The number of H-pyrrole nitrogens is 1. The first-order valence-electron chi connectivity index (χ1n) is 9.59. The molecule has 0 aromatic carbocycles. The molecule has 0 bridgehead atoms. The van der Waals surface area contributed by atoms with Gasteiger partial charge in [0.15, 0.2) is 6.61 Å². The van der Waals surface area contributed by atoms with Crippen LogP contribution in [0.5, 0.6) is 0 Å². The molecule has 1 fully saturated rings. The van der Waals surface area contributed by atoms with Crippen molar-refractivity contribution in [2.24, 2.45) is 11.8 Å². The van der Waals surface area contributed by atoms with Gasteiger partial charge in [0.25, 0.3) is 5.91 Å². The Morgan fingerprint density at radius 1 is 1.11 bits per heavy atom. The summed E-state index contributed by atoms with van der Waals surface area (Å²) < 4.78 is 10.2. The van der Waals surface area contributed by atoms with Crippen molar-refractivity contribution in [2.45, 2.75) is 59.9 Å². The third kappa shape index (κ3) is 4.90. The number of amides is 1. The maximum absolute atomic E-state index is 12.3. The second kappa shape index (κ2) is 9.06. The van der Waals surface area contributed by atoms with Gasteiger partial charge in [-0.25, -0.2) is 9.59 Å². The Hall–Kier alpha value is -2.31. The van der Waals surface area contributed by atoms with Gasteiger partial charge in [-0.2, -0.15) is 0 Å². The van der Waals surface area contributed by atoms with E-state index < -0.39 is 11.9 Å². The highest BCUT2D eigenvalue weighted by Crippen LogP contribution is 2.29. The van der Waals surface area contributed by atoms with Crippen LogP contribution in [-0.2, 0) is 14.3 Å². The summed E-state index contributed by atoms with van der Waals surface area (Å²) in [7, 11) is 0. The minimum atomic E-state index is -0.661. The molecule has 2 rings (SSSR count). The van der Waals surface area contributed by atoms with Crippen molar-refractivity contribution in [3.05, 3.63) is 22.5 Å². The zero-order valence-corrected chi connectivity index (χ0v) is 16.8. The van der Waals surface area contributed by atoms with E-state index in [1.807, 2.05) is 0 Å². The van der Waals surface area contributed by atoms with Gasteiger partial charge in [0.2, 0.25) is 0 Å². The van der Waals surface area contributed by atoms with E-state index in [-0.39, 0.29) is 30.9 Å². The Balaban J connectivity index is 1.95. The monoisotopic (exact) mass is 378 g/mol. The number of hydrogen-bond donors (Lipinski definition) is 2. The average molecular weight is 378 g/mol. The molecule has 0 saturated heterocycles. The predicted molar refractivity (Wildman–Crippen MR) is 101 cm³/mol. The van der Waals surface area contributed by atoms with Gasteiger partial charge in [0.05, 0.1) is 12.2 Å². The Labute approximate surface area is 160 Å². The second-order valence-corrected chi connectivity index (χ2v) is 7.36. The van der Waals surface area contributed by atoms with E-state index >= 15 is 0 Å². The third-order valence-corrected chi connectivity index (χ3v) is 5.51. The minimum Gasteiger partial charge on any atom is -0.462 e. The highest BCUT2D eigenvalue weighted by molar-refractivity contribution is 5.99. The number of aromatic amines is 1. The van der Waals surface area contributed by atoms with Crippen molar-refractivity contribution in [1.82, 2.24) is 10.3 Å². The Morgan fingerprint density at radius 3 is 2.48 bits per heavy atom. The zero-order valence-electron chi connectivity index (χ0n) is 16.8. The van der Waals surface area contributed by atoms with Crippen molar-refractivity contribution in [1.29, 1.82) is 0 Å². The molecule has 1 aromatic rings. The number of aryl methyl sites for hydroxylation is 1. The van der Waals surface area contributed by atoms with Crippen molar-refractivity contribution < 1.29 is 23.9 Å². The molecule has 1 aromatic heterocycles. The molecule has 1 aliphatic carbocycles. The van der Waals surface area contributed by atoms with Crippen LogP contribution in [-0.4, -0.2) is 42.1 Å². The fourth-order valence-electron chi connectivity index (χ4n) is 3.70. The van der Waals surface area contributed by atoms with Gasteiger partial charge in [0.1, 0.15) is 5.69 Å². The molecule has 7 nitrogen and oxygen atoms in total. The highest BCUT2D eigenvalue weighted by Gasteiger charge is 2.29. The van der Waals surface area contributed by atoms with Crippen LogP contribution in [0.15, 0.2) is 0 Å². The number of carbonyl (C=O) groups excluding carboxylic acids is 3. The summed E-state index contributed by atoms with van der Waals surface area (Å²) in [5, 5.41) is 2.97. The first-order chi connectivity index (χ1) is 12.8. The molecular formula is C20H30N2O5. The summed E-state index contributed by atoms with van der Waals surface area (Å²) in [6.07, 6.45) is 3.22. The van der Waals surface area contributed by atoms with Crippen molar-refractivity contribution in [3.8, 4) is 0 Å². The number of nitrogens with one attached hydrogen (secondary N) is 2. The van der Waals surface area contributed by atoms with Crippen LogP contribution >= 0.6 is 0 Å². The first-order valence-corrected chi connectivity index (χ1v) is 9.59. The van der Waals surface area contributed by atoms with Gasteiger partial charge < -0.3 is 19.8 Å². The maximum atomic E-state index is 12.3. The molecule has 7 heteroatoms.